The molecule has 0 radical (unpaired) electrons. The summed E-state index contributed by atoms with van der Waals surface area (Å²) in [6.45, 7) is 2.66. The first kappa shape index (κ1) is 17.3. The molecule has 2 heterocycles. The Kier molecular flexibility index (Phi) is 4.67. The molecule has 4 aromatic rings. The average Bonchev–Trinajstić information content (AvgIpc) is 3.01. The summed E-state index contributed by atoms with van der Waals surface area (Å²) in [5, 5.41) is 13.3. The lowest BCUT2D eigenvalue weighted by molar-refractivity contribution is -0.575. The molecule has 0 saturated carbocycles. The summed E-state index contributed by atoms with van der Waals surface area (Å²) in [4.78, 5) is 4.69. The second kappa shape index (κ2) is 7.27. The number of rotatable bonds is 6. The number of fused-ring (bicyclic) bond motifs is 3. The minimum Gasteiger partial charge on any atom is -0.618 e. The maximum atomic E-state index is 12.4. The second-order valence-corrected chi connectivity index (χ2v) is 6.83. The Morgan fingerprint density at radius 3 is 2.74 bits per heavy atom. The molecular weight excluding hydrogens is 338 g/mol. The molecular formula is C22H23N3O2. The van der Waals surface area contributed by atoms with E-state index in [9.17, 15) is 5.21 Å². The Hall–Kier alpha value is -3.08. The molecule has 0 N–H and O–H groups in total. The predicted octanol–water partition coefficient (Wildman–Crippen LogP) is 4.28. The lowest BCUT2D eigenvalue weighted by Crippen LogP contribution is -2.26. The Bertz CT molecular complexity index is 1090. The first-order chi connectivity index (χ1) is 13.2. The maximum Gasteiger partial charge on any atom is 0.226 e. The highest BCUT2D eigenvalue weighted by Crippen LogP contribution is 2.27. The lowest BCUT2D eigenvalue weighted by atomic mass is 10.2. The highest BCUT2D eigenvalue weighted by atomic mass is 16.5. The standard InChI is InChI=1S/C22H23N3O2/c1-3-4-10-21-23-19-14-25(26)20-12-11-17(13-18(20)22(19)24(21)2)27-15-16-8-6-5-7-9-16/h5-9,11-14H,3-4,10,15H2,1-2H3. The van der Waals surface area contributed by atoms with E-state index in [-0.39, 0.29) is 0 Å². The van der Waals surface area contributed by atoms with E-state index >= 15 is 0 Å². The van der Waals surface area contributed by atoms with Crippen LogP contribution < -0.4 is 9.47 Å². The van der Waals surface area contributed by atoms with E-state index in [1.54, 1.807) is 6.20 Å². The summed E-state index contributed by atoms with van der Waals surface area (Å²) in [6, 6.07) is 15.7. The fraction of sp³-hybridized carbons (Fsp3) is 0.273. The van der Waals surface area contributed by atoms with E-state index < -0.39 is 0 Å². The Morgan fingerprint density at radius 1 is 1.15 bits per heavy atom. The van der Waals surface area contributed by atoms with Crippen LogP contribution in [0.4, 0.5) is 0 Å². The van der Waals surface area contributed by atoms with Crippen molar-refractivity contribution in [3.8, 4) is 5.75 Å². The molecule has 0 saturated heterocycles. The molecule has 2 aromatic carbocycles. The van der Waals surface area contributed by atoms with Crippen LogP contribution in [0, 0.1) is 5.21 Å². The Balaban J connectivity index is 1.76. The van der Waals surface area contributed by atoms with Gasteiger partial charge in [0, 0.05) is 19.5 Å². The van der Waals surface area contributed by atoms with Gasteiger partial charge in [-0.05, 0) is 24.1 Å². The molecule has 0 aliphatic rings. The van der Waals surface area contributed by atoms with Crippen molar-refractivity contribution in [2.75, 3.05) is 0 Å². The average molecular weight is 361 g/mol. The molecule has 0 amide bonds. The molecule has 2 aromatic heterocycles. The first-order valence-electron chi connectivity index (χ1n) is 9.35. The van der Waals surface area contributed by atoms with Crippen LogP contribution in [0.1, 0.15) is 31.2 Å². The third kappa shape index (κ3) is 3.33. The Labute approximate surface area is 158 Å². The third-order valence-electron chi connectivity index (χ3n) is 4.92. The number of nitrogens with zero attached hydrogens (tertiary/aromatic N) is 3. The molecule has 5 nitrogen and oxygen atoms in total. The summed E-state index contributed by atoms with van der Waals surface area (Å²) in [7, 11) is 2.02. The van der Waals surface area contributed by atoms with Crippen molar-refractivity contribution in [1.29, 1.82) is 0 Å². The highest BCUT2D eigenvalue weighted by molar-refractivity contribution is 6.01. The zero-order chi connectivity index (χ0) is 18.8. The van der Waals surface area contributed by atoms with Gasteiger partial charge in [-0.1, -0.05) is 43.7 Å². The molecule has 0 aliphatic heterocycles. The molecule has 0 unspecified atom stereocenters. The monoisotopic (exact) mass is 361 g/mol. The van der Waals surface area contributed by atoms with Gasteiger partial charge in [-0.15, -0.1) is 0 Å². The number of ether oxygens (including phenoxy) is 1. The number of unbranched alkanes of at least 4 members (excludes halogenated alkanes) is 1. The van der Waals surface area contributed by atoms with Gasteiger partial charge in [-0.25, -0.2) is 4.98 Å². The molecule has 0 bridgehead atoms. The van der Waals surface area contributed by atoms with Crippen LogP contribution in [-0.4, -0.2) is 9.55 Å². The largest absolute Gasteiger partial charge is 0.618 e. The summed E-state index contributed by atoms with van der Waals surface area (Å²) in [5.74, 6) is 1.75. The molecule has 0 fully saturated rings. The number of hydrogen-bond donors (Lipinski definition) is 0. The van der Waals surface area contributed by atoms with Gasteiger partial charge < -0.3 is 14.5 Å². The van der Waals surface area contributed by atoms with E-state index in [2.05, 4.69) is 16.5 Å². The van der Waals surface area contributed by atoms with Crippen molar-refractivity contribution in [2.24, 2.45) is 7.05 Å². The molecule has 27 heavy (non-hydrogen) atoms. The quantitative estimate of drug-likeness (QED) is 0.380. The number of pyridine rings is 1. The van der Waals surface area contributed by atoms with Crippen molar-refractivity contribution in [1.82, 2.24) is 9.55 Å². The van der Waals surface area contributed by atoms with E-state index in [1.807, 2.05) is 55.6 Å². The molecule has 0 aliphatic carbocycles. The van der Waals surface area contributed by atoms with Gasteiger partial charge in [-0.2, -0.15) is 4.73 Å². The van der Waals surface area contributed by atoms with Crippen LogP contribution >= 0.6 is 0 Å². The van der Waals surface area contributed by atoms with Crippen molar-refractivity contribution >= 4 is 21.9 Å². The number of benzene rings is 2. The minimum absolute atomic E-state index is 0.493. The first-order valence-corrected chi connectivity index (χ1v) is 9.35. The van der Waals surface area contributed by atoms with Crippen LogP contribution in [0.2, 0.25) is 0 Å². The van der Waals surface area contributed by atoms with Crippen molar-refractivity contribution in [3.05, 3.63) is 71.3 Å². The van der Waals surface area contributed by atoms with E-state index in [1.165, 1.54) is 0 Å². The molecule has 0 spiro atoms. The summed E-state index contributed by atoms with van der Waals surface area (Å²) < 4.78 is 8.96. The predicted molar refractivity (Wildman–Crippen MR) is 107 cm³/mol. The molecule has 0 atom stereocenters. The van der Waals surface area contributed by atoms with Crippen LogP contribution in [0.25, 0.3) is 21.9 Å². The molecule has 5 heteroatoms. The number of hydrogen-bond acceptors (Lipinski definition) is 3. The fourth-order valence-corrected chi connectivity index (χ4v) is 3.44. The van der Waals surface area contributed by atoms with Gasteiger partial charge in [0.1, 0.15) is 18.2 Å². The van der Waals surface area contributed by atoms with Crippen LogP contribution in [0.5, 0.6) is 5.75 Å². The molecule has 138 valence electrons. The number of aromatic nitrogens is 3. The van der Waals surface area contributed by atoms with E-state index in [0.717, 1.165) is 57.5 Å². The smallest absolute Gasteiger partial charge is 0.226 e. The SMILES string of the molecule is CCCCc1nc2c[n+]([O-])c3ccc(OCc4ccccc4)cc3c2n1C. The maximum absolute atomic E-state index is 12.4. The van der Waals surface area contributed by atoms with Gasteiger partial charge in [0.25, 0.3) is 0 Å². The highest BCUT2D eigenvalue weighted by Gasteiger charge is 2.17. The fourth-order valence-electron chi connectivity index (χ4n) is 3.44. The zero-order valence-corrected chi connectivity index (χ0v) is 15.7. The van der Waals surface area contributed by atoms with Gasteiger partial charge in [0.2, 0.25) is 11.7 Å². The minimum atomic E-state index is 0.493. The van der Waals surface area contributed by atoms with Gasteiger partial charge in [-0.3, -0.25) is 0 Å². The van der Waals surface area contributed by atoms with Crippen molar-refractivity contribution in [2.45, 2.75) is 32.8 Å². The van der Waals surface area contributed by atoms with Crippen LogP contribution in [0.15, 0.2) is 54.7 Å². The Morgan fingerprint density at radius 2 is 1.96 bits per heavy atom. The second-order valence-electron chi connectivity index (χ2n) is 6.83. The summed E-state index contributed by atoms with van der Waals surface area (Å²) >= 11 is 0. The lowest BCUT2D eigenvalue weighted by Gasteiger charge is -2.09. The van der Waals surface area contributed by atoms with Crippen molar-refractivity contribution in [3.63, 3.8) is 0 Å². The topological polar surface area (TPSA) is 54.0 Å². The normalized spacial score (nSPS) is 11.3. The van der Waals surface area contributed by atoms with Crippen molar-refractivity contribution < 1.29 is 9.47 Å². The van der Waals surface area contributed by atoms with Gasteiger partial charge >= 0.3 is 0 Å². The molecule has 4 rings (SSSR count). The number of aryl methyl sites for hydroxylation is 2. The van der Waals surface area contributed by atoms with Crippen LogP contribution in [0.3, 0.4) is 0 Å². The van der Waals surface area contributed by atoms with E-state index in [0.29, 0.717) is 12.1 Å². The van der Waals surface area contributed by atoms with Gasteiger partial charge in [0.15, 0.2) is 5.52 Å². The van der Waals surface area contributed by atoms with Crippen LogP contribution in [-0.2, 0) is 20.1 Å². The third-order valence-corrected chi connectivity index (χ3v) is 4.92. The summed E-state index contributed by atoms with van der Waals surface area (Å²) in [5.41, 5.74) is 3.44. The zero-order valence-electron chi connectivity index (χ0n) is 15.7. The van der Waals surface area contributed by atoms with E-state index in [4.69, 9.17) is 4.74 Å². The number of imidazole rings is 1. The van der Waals surface area contributed by atoms with Gasteiger partial charge in [0.05, 0.1) is 10.9 Å². The summed E-state index contributed by atoms with van der Waals surface area (Å²) in [6.07, 6.45) is 4.67.